The van der Waals surface area contributed by atoms with Gasteiger partial charge < -0.3 is 15.2 Å². The van der Waals surface area contributed by atoms with Gasteiger partial charge in [0.15, 0.2) is 11.6 Å². The summed E-state index contributed by atoms with van der Waals surface area (Å²) in [4.78, 5) is 20.5. The van der Waals surface area contributed by atoms with Crippen molar-refractivity contribution >= 4 is 11.7 Å². The monoisotopic (exact) mass is 341 g/mol. The van der Waals surface area contributed by atoms with Crippen LogP contribution in [0.2, 0.25) is 0 Å². The van der Waals surface area contributed by atoms with Gasteiger partial charge in [0.1, 0.15) is 5.82 Å². The van der Waals surface area contributed by atoms with E-state index in [4.69, 9.17) is 4.52 Å². The highest BCUT2D eigenvalue weighted by molar-refractivity contribution is 5.89. The number of nitrogens with zero attached hydrogens (tertiary/aromatic N) is 4. The van der Waals surface area contributed by atoms with Crippen LogP contribution in [0, 0.1) is 6.92 Å². The number of amides is 2. The maximum absolute atomic E-state index is 12.1. The average molecular weight is 341 g/mol. The number of hydrogen-bond donors (Lipinski definition) is 3. The fourth-order valence-corrected chi connectivity index (χ4v) is 2.19. The van der Waals surface area contributed by atoms with Crippen LogP contribution in [0.1, 0.15) is 37.4 Å². The van der Waals surface area contributed by atoms with Crippen LogP contribution in [0.25, 0.3) is 11.5 Å². The molecule has 0 aliphatic heterocycles. The van der Waals surface area contributed by atoms with E-state index in [0.717, 1.165) is 5.56 Å². The van der Waals surface area contributed by atoms with Crippen LogP contribution in [0.15, 0.2) is 28.8 Å². The van der Waals surface area contributed by atoms with E-state index < -0.39 is 0 Å². The Balaban J connectivity index is 1.60. The number of aromatic amines is 1. The molecule has 130 valence electrons. The van der Waals surface area contributed by atoms with Gasteiger partial charge in [0.05, 0.1) is 6.04 Å². The molecule has 0 saturated heterocycles. The molecule has 2 aromatic heterocycles. The highest BCUT2D eigenvalue weighted by atomic mass is 16.5. The quantitative estimate of drug-likeness (QED) is 0.656. The number of anilines is 1. The van der Waals surface area contributed by atoms with Crippen molar-refractivity contribution in [2.45, 2.75) is 33.2 Å². The summed E-state index contributed by atoms with van der Waals surface area (Å²) in [6, 6.07) is 6.51. The summed E-state index contributed by atoms with van der Waals surface area (Å²) in [6.07, 6.45) is 0.714. The van der Waals surface area contributed by atoms with Crippen molar-refractivity contribution < 1.29 is 9.32 Å². The number of hydrogen-bond acceptors (Lipinski definition) is 6. The van der Waals surface area contributed by atoms with Crippen molar-refractivity contribution in [3.63, 3.8) is 0 Å². The van der Waals surface area contributed by atoms with E-state index in [-0.39, 0.29) is 12.1 Å². The van der Waals surface area contributed by atoms with E-state index in [1.807, 2.05) is 26.0 Å². The summed E-state index contributed by atoms with van der Waals surface area (Å²) in [7, 11) is 0. The molecule has 3 rings (SSSR count). The molecular weight excluding hydrogens is 322 g/mol. The van der Waals surface area contributed by atoms with E-state index in [9.17, 15) is 4.79 Å². The van der Waals surface area contributed by atoms with Gasteiger partial charge in [-0.3, -0.25) is 5.10 Å². The number of urea groups is 1. The lowest BCUT2D eigenvalue weighted by molar-refractivity contribution is 0.249. The molecular formula is C16H19N7O2. The van der Waals surface area contributed by atoms with Crippen LogP contribution in [0.4, 0.5) is 10.5 Å². The minimum Gasteiger partial charge on any atom is -0.334 e. The second kappa shape index (κ2) is 7.12. The van der Waals surface area contributed by atoms with E-state index >= 15 is 0 Å². The first-order valence-corrected chi connectivity index (χ1v) is 7.94. The zero-order chi connectivity index (χ0) is 17.8. The lowest BCUT2D eigenvalue weighted by Crippen LogP contribution is -2.31. The van der Waals surface area contributed by atoms with Gasteiger partial charge in [-0.2, -0.15) is 10.1 Å². The topological polar surface area (TPSA) is 122 Å². The normalized spacial score (nSPS) is 12.0. The predicted molar refractivity (Wildman–Crippen MR) is 90.8 cm³/mol. The highest BCUT2D eigenvalue weighted by Crippen LogP contribution is 2.20. The number of aromatic nitrogens is 5. The van der Waals surface area contributed by atoms with Gasteiger partial charge in [0.25, 0.3) is 5.89 Å². The Morgan fingerprint density at radius 2 is 2.04 bits per heavy atom. The largest absolute Gasteiger partial charge is 0.334 e. The van der Waals surface area contributed by atoms with Gasteiger partial charge in [-0.25, -0.2) is 9.78 Å². The number of rotatable bonds is 5. The molecule has 1 aromatic carbocycles. The van der Waals surface area contributed by atoms with E-state index in [2.05, 4.69) is 36.0 Å². The predicted octanol–water partition coefficient (Wildman–Crippen LogP) is 2.61. The number of benzene rings is 1. The first kappa shape index (κ1) is 16.6. The summed E-state index contributed by atoms with van der Waals surface area (Å²) >= 11 is 0. The third-order valence-electron chi connectivity index (χ3n) is 3.52. The molecule has 25 heavy (non-hydrogen) atoms. The Morgan fingerprint density at radius 3 is 2.64 bits per heavy atom. The number of H-pyrrole nitrogens is 1. The molecule has 0 radical (unpaired) electrons. The molecule has 9 heteroatoms. The lowest BCUT2D eigenvalue weighted by Gasteiger charge is -2.11. The Morgan fingerprint density at radius 1 is 1.28 bits per heavy atom. The van der Waals surface area contributed by atoms with Crippen LogP contribution < -0.4 is 10.6 Å². The molecule has 3 aromatic rings. The fourth-order valence-electron chi connectivity index (χ4n) is 2.19. The maximum atomic E-state index is 12.1. The Kier molecular flexibility index (Phi) is 4.73. The standard InChI is InChI=1S/C16H19N7O2/c1-4-13-20-15(25-23-13)11-5-7-12(8-6-11)19-16(24)17-9(2)14-18-10(3)21-22-14/h5-9H,4H2,1-3H3,(H2,17,19,24)(H,18,21,22)/t9-/m1/s1. The SMILES string of the molecule is CCc1noc(-c2ccc(NC(=O)N[C@H](C)c3n[nH]c(C)n3)cc2)n1. The van der Waals surface area contributed by atoms with Gasteiger partial charge in [-0.15, -0.1) is 0 Å². The number of carbonyl (C=O) groups excluding carboxylic acids is 1. The third-order valence-corrected chi connectivity index (χ3v) is 3.52. The van der Waals surface area contributed by atoms with Crippen molar-refractivity contribution in [2.75, 3.05) is 5.32 Å². The van der Waals surface area contributed by atoms with Gasteiger partial charge in [0, 0.05) is 17.7 Å². The molecule has 1 atom stereocenters. The van der Waals surface area contributed by atoms with Crippen molar-refractivity contribution in [3.05, 3.63) is 41.7 Å². The first-order chi connectivity index (χ1) is 12.0. The Bertz CT molecular complexity index is 854. The molecule has 0 aliphatic rings. The molecule has 0 aliphatic carbocycles. The highest BCUT2D eigenvalue weighted by Gasteiger charge is 2.14. The first-order valence-electron chi connectivity index (χ1n) is 7.94. The second-order valence-electron chi connectivity index (χ2n) is 5.55. The van der Waals surface area contributed by atoms with Gasteiger partial charge in [-0.1, -0.05) is 12.1 Å². The molecule has 0 bridgehead atoms. The van der Waals surface area contributed by atoms with Gasteiger partial charge in [0.2, 0.25) is 0 Å². The van der Waals surface area contributed by atoms with Crippen molar-refractivity contribution in [3.8, 4) is 11.5 Å². The molecule has 0 unspecified atom stereocenters. The molecule has 2 heterocycles. The fraction of sp³-hybridized carbons (Fsp3) is 0.312. The van der Waals surface area contributed by atoms with Crippen molar-refractivity contribution in [1.29, 1.82) is 0 Å². The van der Waals surface area contributed by atoms with E-state index in [1.54, 1.807) is 19.1 Å². The molecule has 0 fully saturated rings. The summed E-state index contributed by atoms with van der Waals surface area (Å²) in [6.45, 7) is 5.57. The van der Waals surface area contributed by atoms with Gasteiger partial charge >= 0.3 is 6.03 Å². The Hall–Kier alpha value is -3.23. The van der Waals surface area contributed by atoms with Crippen LogP contribution in [0.3, 0.4) is 0 Å². The molecule has 3 N–H and O–H groups in total. The van der Waals surface area contributed by atoms with E-state index in [0.29, 0.717) is 35.5 Å². The van der Waals surface area contributed by atoms with Crippen LogP contribution in [0.5, 0.6) is 0 Å². The minimum atomic E-state index is -0.339. The van der Waals surface area contributed by atoms with Crippen LogP contribution in [-0.4, -0.2) is 31.4 Å². The van der Waals surface area contributed by atoms with Crippen molar-refractivity contribution in [1.82, 2.24) is 30.6 Å². The summed E-state index contributed by atoms with van der Waals surface area (Å²) in [5, 5.41) is 16.2. The smallest absolute Gasteiger partial charge is 0.319 e. The number of carbonyl (C=O) groups is 1. The van der Waals surface area contributed by atoms with E-state index in [1.165, 1.54) is 0 Å². The molecule has 0 saturated carbocycles. The number of nitrogens with one attached hydrogen (secondary N) is 3. The van der Waals surface area contributed by atoms with Gasteiger partial charge in [-0.05, 0) is 38.1 Å². The maximum Gasteiger partial charge on any atom is 0.319 e. The van der Waals surface area contributed by atoms with Crippen LogP contribution in [-0.2, 0) is 6.42 Å². The summed E-state index contributed by atoms with van der Waals surface area (Å²) in [5.41, 5.74) is 1.44. The zero-order valence-corrected chi connectivity index (χ0v) is 14.2. The second-order valence-corrected chi connectivity index (χ2v) is 5.55. The van der Waals surface area contributed by atoms with Crippen molar-refractivity contribution in [2.24, 2.45) is 0 Å². The molecule has 9 nitrogen and oxygen atoms in total. The minimum absolute atomic E-state index is 0.310. The third kappa shape index (κ3) is 4.00. The summed E-state index contributed by atoms with van der Waals surface area (Å²) < 4.78 is 5.19. The summed E-state index contributed by atoms with van der Waals surface area (Å²) in [5.74, 6) is 2.35. The Labute approximate surface area is 144 Å². The van der Waals surface area contributed by atoms with Crippen LogP contribution >= 0.6 is 0 Å². The molecule has 0 spiro atoms. The zero-order valence-electron chi connectivity index (χ0n) is 14.2. The average Bonchev–Trinajstić information content (AvgIpc) is 3.24. The lowest BCUT2D eigenvalue weighted by atomic mass is 10.2. The molecule has 2 amide bonds. The number of aryl methyl sites for hydroxylation is 2.